The van der Waals surface area contributed by atoms with E-state index in [2.05, 4.69) is 111 Å². The number of benzene rings is 2. The largest absolute Gasteiger partial charge is 0.372 e. The molecular weight excluding hydrogens is 912 g/mol. The Morgan fingerprint density at radius 1 is 0.672 bits per heavy atom. The van der Waals surface area contributed by atoms with Gasteiger partial charge in [0.05, 0.1) is 60.0 Å². The van der Waals surface area contributed by atoms with E-state index in [9.17, 15) is 14.9 Å². The SMILES string of the molecule is CC1CN(c2nc(SCCc3cccc(Br)c3)c(C#N)c3c2COC(C)(C)C3)CC(C)O1.CC1CN(c2nc(SCCc3cccc(F)c3)c(C#N)c3c2COC(C)(C)C3)CC(C)O1. The van der Waals surface area contributed by atoms with Crippen LogP contribution in [0.4, 0.5) is 16.0 Å². The lowest BCUT2D eigenvalue weighted by molar-refractivity contribution is -0.0409. The molecule has 4 unspecified atom stereocenters. The van der Waals surface area contributed by atoms with Crippen molar-refractivity contribution >= 4 is 51.1 Å². The van der Waals surface area contributed by atoms with Gasteiger partial charge in [-0.1, -0.05) is 40.2 Å². The van der Waals surface area contributed by atoms with Crippen molar-refractivity contribution in [1.29, 1.82) is 10.5 Å². The summed E-state index contributed by atoms with van der Waals surface area (Å²) in [6, 6.07) is 20.0. The molecule has 2 saturated heterocycles. The van der Waals surface area contributed by atoms with E-state index in [1.807, 2.05) is 12.1 Å². The monoisotopic (exact) mass is 970 g/mol. The molecule has 0 saturated carbocycles. The van der Waals surface area contributed by atoms with Crippen LogP contribution in [0.1, 0.15) is 99.9 Å². The highest BCUT2D eigenvalue weighted by molar-refractivity contribution is 9.10. The molecule has 340 valence electrons. The first-order valence-electron chi connectivity index (χ1n) is 22.3. The third-order valence-electron chi connectivity index (χ3n) is 11.8. The zero-order valence-corrected chi connectivity index (χ0v) is 41.5. The number of pyridine rings is 2. The summed E-state index contributed by atoms with van der Waals surface area (Å²) in [5.74, 6) is 3.23. The predicted octanol–water partition coefficient (Wildman–Crippen LogP) is 10.4. The van der Waals surface area contributed by atoms with Crippen molar-refractivity contribution in [1.82, 2.24) is 9.97 Å². The molecule has 2 aromatic carbocycles. The number of hydrogen-bond donors (Lipinski definition) is 0. The van der Waals surface area contributed by atoms with Crippen LogP contribution >= 0.6 is 39.5 Å². The average molecular weight is 972 g/mol. The summed E-state index contributed by atoms with van der Waals surface area (Å²) in [7, 11) is 0. The second kappa shape index (κ2) is 20.8. The number of aromatic nitrogens is 2. The Balaban J connectivity index is 0.000000191. The van der Waals surface area contributed by atoms with Gasteiger partial charge in [0.1, 0.15) is 39.6 Å². The predicted molar refractivity (Wildman–Crippen MR) is 257 cm³/mol. The normalized spacial score (nSPS) is 22.3. The maximum Gasteiger partial charge on any atom is 0.135 e. The van der Waals surface area contributed by atoms with Gasteiger partial charge in [-0.3, -0.25) is 0 Å². The summed E-state index contributed by atoms with van der Waals surface area (Å²) in [5.41, 5.74) is 7.21. The van der Waals surface area contributed by atoms with E-state index in [0.29, 0.717) is 37.2 Å². The van der Waals surface area contributed by atoms with Gasteiger partial charge in [-0.25, -0.2) is 14.4 Å². The smallest absolute Gasteiger partial charge is 0.135 e. The lowest BCUT2D eigenvalue weighted by Crippen LogP contribution is -2.47. The second-order valence-electron chi connectivity index (χ2n) is 18.6. The Kier molecular flexibility index (Phi) is 15.7. The van der Waals surface area contributed by atoms with E-state index in [1.54, 1.807) is 35.7 Å². The van der Waals surface area contributed by atoms with Crippen LogP contribution in [0.15, 0.2) is 63.1 Å². The maximum absolute atomic E-state index is 13.5. The number of thioether (sulfide) groups is 2. The number of halogens is 2. The lowest BCUT2D eigenvalue weighted by Gasteiger charge is -2.40. The van der Waals surface area contributed by atoms with E-state index in [-0.39, 0.29) is 41.4 Å². The van der Waals surface area contributed by atoms with Crippen LogP contribution in [0.3, 0.4) is 0 Å². The average Bonchev–Trinajstić information content (AvgIpc) is 3.22. The molecular formula is C50H60BrFN6O4S2. The van der Waals surface area contributed by atoms with Crippen LogP contribution in [-0.4, -0.2) is 83.3 Å². The molecule has 4 aliphatic rings. The molecule has 4 aliphatic heterocycles. The van der Waals surface area contributed by atoms with Crippen molar-refractivity contribution in [3.63, 3.8) is 0 Å². The third kappa shape index (κ3) is 12.0. The minimum absolute atomic E-state index is 0.108. The molecule has 6 heterocycles. The quantitative estimate of drug-likeness (QED) is 0.141. The fourth-order valence-electron chi connectivity index (χ4n) is 9.03. The van der Waals surface area contributed by atoms with Crippen molar-refractivity contribution in [3.8, 4) is 12.1 Å². The number of ether oxygens (including phenoxy) is 4. The summed E-state index contributed by atoms with van der Waals surface area (Å²) >= 11 is 6.79. The van der Waals surface area contributed by atoms with Gasteiger partial charge < -0.3 is 28.7 Å². The number of aryl methyl sites for hydroxylation is 2. The molecule has 0 N–H and O–H groups in total. The van der Waals surface area contributed by atoms with E-state index >= 15 is 0 Å². The van der Waals surface area contributed by atoms with Gasteiger partial charge in [0.15, 0.2) is 0 Å². The number of nitriles is 2. The van der Waals surface area contributed by atoms with Crippen molar-refractivity contribution in [2.75, 3.05) is 47.5 Å². The van der Waals surface area contributed by atoms with Gasteiger partial charge in [0.25, 0.3) is 0 Å². The Bertz CT molecular complexity index is 2220. The van der Waals surface area contributed by atoms with Crippen molar-refractivity contribution in [2.24, 2.45) is 0 Å². The van der Waals surface area contributed by atoms with Gasteiger partial charge in [-0.15, -0.1) is 23.5 Å². The van der Waals surface area contributed by atoms with E-state index in [4.69, 9.17) is 28.9 Å². The molecule has 14 heteroatoms. The molecule has 2 fully saturated rings. The van der Waals surface area contributed by atoms with Crippen LogP contribution in [0.25, 0.3) is 0 Å². The van der Waals surface area contributed by atoms with Crippen molar-refractivity contribution in [2.45, 2.75) is 140 Å². The van der Waals surface area contributed by atoms with Crippen LogP contribution in [-0.2, 0) is 57.8 Å². The molecule has 0 bridgehead atoms. The summed E-state index contributed by atoms with van der Waals surface area (Å²) in [4.78, 5) is 14.7. The Labute approximate surface area is 395 Å². The molecule has 8 rings (SSSR count). The lowest BCUT2D eigenvalue weighted by atomic mass is 9.89. The first-order valence-corrected chi connectivity index (χ1v) is 25.0. The number of nitrogens with zero attached hydrogens (tertiary/aromatic N) is 6. The molecule has 0 aliphatic carbocycles. The van der Waals surface area contributed by atoms with E-state index in [1.165, 1.54) is 11.6 Å². The maximum atomic E-state index is 13.5. The topological polar surface area (TPSA) is 117 Å². The van der Waals surface area contributed by atoms with Gasteiger partial charge in [0.2, 0.25) is 0 Å². The van der Waals surface area contributed by atoms with Crippen molar-refractivity contribution in [3.05, 3.63) is 103 Å². The standard InChI is InChI=1S/C25H30BrN3O2S.C25H30FN3O2S/c2*1-16-13-29(14-17(2)31-16)23-22-15-30-25(3,4)11-20(22)21(12-27)24(28-23)32-9-8-18-6-5-7-19(26)10-18/h2*5-7,10,16-17H,8-9,11,13-15H2,1-4H3. The summed E-state index contributed by atoms with van der Waals surface area (Å²) in [6.07, 6.45) is 3.52. The third-order valence-corrected chi connectivity index (χ3v) is 14.3. The molecule has 0 spiro atoms. The Hall–Kier alpha value is -3.73. The van der Waals surface area contributed by atoms with Crippen LogP contribution in [0.2, 0.25) is 0 Å². The molecule has 4 atom stereocenters. The summed E-state index contributed by atoms with van der Waals surface area (Å²) in [5, 5.41) is 21.7. The van der Waals surface area contributed by atoms with Gasteiger partial charge in [0, 0.05) is 66.1 Å². The first kappa shape index (κ1) is 48.2. The van der Waals surface area contributed by atoms with E-state index < -0.39 is 0 Å². The number of morpholine rings is 2. The Morgan fingerprint density at radius 2 is 1.09 bits per heavy atom. The summed E-state index contributed by atoms with van der Waals surface area (Å²) < 4.78 is 38.8. The van der Waals surface area contributed by atoms with Gasteiger partial charge >= 0.3 is 0 Å². The van der Waals surface area contributed by atoms with E-state index in [0.717, 1.165) is 105 Å². The van der Waals surface area contributed by atoms with Gasteiger partial charge in [-0.2, -0.15) is 10.5 Å². The van der Waals surface area contributed by atoms with Crippen molar-refractivity contribution < 1.29 is 23.3 Å². The highest BCUT2D eigenvalue weighted by Gasteiger charge is 2.37. The van der Waals surface area contributed by atoms with Crippen LogP contribution in [0.5, 0.6) is 0 Å². The molecule has 10 nitrogen and oxygen atoms in total. The molecule has 0 amide bonds. The second-order valence-corrected chi connectivity index (χ2v) is 21.7. The fourth-order valence-corrected chi connectivity index (χ4v) is 11.5. The highest BCUT2D eigenvalue weighted by Crippen LogP contribution is 2.41. The fraction of sp³-hybridized carbons (Fsp3) is 0.520. The first-order chi connectivity index (χ1) is 30.5. The number of rotatable bonds is 10. The number of anilines is 2. The molecule has 0 radical (unpaired) electrons. The molecule has 2 aromatic heterocycles. The molecule has 64 heavy (non-hydrogen) atoms. The number of hydrogen-bond acceptors (Lipinski definition) is 12. The minimum atomic E-state index is -0.327. The number of fused-ring (bicyclic) bond motifs is 2. The molecule has 4 aromatic rings. The highest BCUT2D eigenvalue weighted by atomic mass is 79.9. The van der Waals surface area contributed by atoms with Crippen LogP contribution in [0, 0.1) is 28.5 Å². The summed E-state index contributed by atoms with van der Waals surface area (Å²) in [6.45, 7) is 20.7. The Morgan fingerprint density at radius 3 is 1.50 bits per heavy atom. The zero-order chi connectivity index (χ0) is 45.8. The zero-order valence-electron chi connectivity index (χ0n) is 38.3. The minimum Gasteiger partial charge on any atom is -0.372 e. The van der Waals surface area contributed by atoms with Crippen LogP contribution < -0.4 is 9.80 Å². The van der Waals surface area contributed by atoms with Gasteiger partial charge in [-0.05, 0) is 115 Å².